The number of pyridine rings is 3. The van der Waals surface area contributed by atoms with Crippen molar-refractivity contribution in [3.63, 3.8) is 0 Å². The summed E-state index contributed by atoms with van der Waals surface area (Å²) in [6.45, 7) is 7.32. The Morgan fingerprint density at radius 1 is 1.17 bits per heavy atom. The third kappa shape index (κ3) is 4.98. The van der Waals surface area contributed by atoms with E-state index in [4.69, 9.17) is 11.6 Å². The minimum Gasteiger partial charge on any atom is -0.304 e. The lowest BCUT2D eigenvalue weighted by Crippen LogP contribution is -2.16. The van der Waals surface area contributed by atoms with Crippen LogP contribution in [-0.4, -0.2) is 49.8 Å². The summed E-state index contributed by atoms with van der Waals surface area (Å²) in [5.74, 6) is -0.442. The third-order valence-electron chi connectivity index (χ3n) is 6.46. The molecule has 4 aromatic heterocycles. The van der Waals surface area contributed by atoms with E-state index in [1.165, 1.54) is 12.2 Å². The van der Waals surface area contributed by atoms with Gasteiger partial charge in [0.05, 0.1) is 17.9 Å². The largest absolute Gasteiger partial charge is 0.304 e. The molecule has 0 spiro atoms. The van der Waals surface area contributed by atoms with E-state index in [0.717, 1.165) is 47.2 Å². The Morgan fingerprint density at radius 3 is 2.78 bits per heavy atom. The quantitative estimate of drug-likeness (QED) is 0.285. The Kier molecular flexibility index (Phi) is 6.76. The Morgan fingerprint density at radius 2 is 2.00 bits per heavy atom. The number of nitrogens with zero attached hydrogens (tertiary/aromatic N) is 6. The van der Waals surface area contributed by atoms with Crippen molar-refractivity contribution in [1.82, 2.24) is 29.6 Å². The number of likely N-dealkylation sites (N-methyl/N-ethyl adjacent to an activating group) is 1. The van der Waals surface area contributed by atoms with Crippen molar-refractivity contribution >= 4 is 28.2 Å². The summed E-state index contributed by atoms with van der Waals surface area (Å²) in [6.07, 6.45) is 13.1. The monoisotopic (exact) mass is 500 g/mol. The van der Waals surface area contributed by atoms with Crippen molar-refractivity contribution in [2.45, 2.75) is 19.4 Å². The van der Waals surface area contributed by atoms with Crippen LogP contribution in [0.25, 0.3) is 38.9 Å². The van der Waals surface area contributed by atoms with E-state index < -0.39 is 5.83 Å². The fourth-order valence-electron chi connectivity index (χ4n) is 4.46. The molecule has 1 fully saturated rings. The van der Waals surface area contributed by atoms with Gasteiger partial charge in [-0.05, 0) is 68.9 Å². The van der Waals surface area contributed by atoms with Crippen molar-refractivity contribution in [2.75, 3.05) is 20.1 Å². The number of halogens is 2. The molecule has 5 rings (SSSR count). The molecule has 4 aromatic rings. The van der Waals surface area contributed by atoms with Gasteiger partial charge in [0.2, 0.25) is 0 Å². The number of hydrogen-bond donors (Lipinski definition) is 0. The lowest BCUT2D eigenvalue weighted by molar-refractivity contribution is 0.382. The molecule has 1 aliphatic rings. The molecule has 6 nitrogen and oxygen atoms in total. The molecular formula is C28H26ClFN6. The maximum absolute atomic E-state index is 14.8. The molecule has 0 radical (unpaired) electrons. The van der Waals surface area contributed by atoms with E-state index in [1.807, 2.05) is 30.6 Å². The smallest absolute Gasteiger partial charge is 0.160 e. The van der Waals surface area contributed by atoms with Crippen LogP contribution in [0.4, 0.5) is 4.39 Å². The minimum absolute atomic E-state index is 0.248. The Labute approximate surface area is 214 Å². The van der Waals surface area contributed by atoms with E-state index >= 15 is 0 Å². The van der Waals surface area contributed by atoms with Crippen LogP contribution in [0.3, 0.4) is 0 Å². The normalized spacial score (nSPS) is 17.2. The van der Waals surface area contributed by atoms with Gasteiger partial charge in [-0.15, -0.1) is 0 Å². The van der Waals surface area contributed by atoms with Gasteiger partial charge in [0.25, 0.3) is 0 Å². The summed E-state index contributed by atoms with van der Waals surface area (Å²) in [5, 5.41) is 5.73. The molecule has 1 aliphatic heterocycles. The van der Waals surface area contributed by atoms with E-state index in [-0.39, 0.29) is 5.03 Å². The number of aromatic nitrogens is 5. The average molecular weight is 501 g/mol. The second kappa shape index (κ2) is 10.1. The Bertz CT molecular complexity index is 1500. The third-order valence-corrected chi connectivity index (χ3v) is 6.59. The van der Waals surface area contributed by atoms with E-state index in [9.17, 15) is 4.39 Å². The molecule has 1 saturated heterocycles. The van der Waals surface area contributed by atoms with Crippen LogP contribution in [0.5, 0.6) is 0 Å². The lowest BCUT2D eigenvalue weighted by Gasteiger charge is -2.11. The van der Waals surface area contributed by atoms with Crippen LogP contribution in [0, 0.1) is 0 Å². The number of allylic oxidation sites excluding steroid dienone is 5. The minimum atomic E-state index is -0.442. The zero-order valence-corrected chi connectivity index (χ0v) is 21.0. The van der Waals surface area contributed by atoms with Crippen LogP contribution in [0.1, 0.15) is 25.1 Å². The molecule has 0 aromatic carbocycles. The van der Waals surface area contributed by atoms with Crippen molar-refractivity contribution in [3.05, 3.63) is 90.5 Å². The fourth-order valence-corrected chi connectivity index (χ4v) is 4.52. The van der Waals surface area contributed by atoms with Crippen LogP contribution in [-0.2, 0) is 0 Å². The standard InChI is InChI=1S/C28H26ClFN6/c1-18(29)6-7-26(30)19(2)27-12-25(24-5-4-9-32-28(24)34-27)21-11-20(13-31-14-21)22-15-33-36(16-22)23-8-10-35(3)17-23/h4-7,9,11-16,23H,1,8,10,17H2,2-3H3/b7-6-,26-19-. The van der Waals surface area contributed by atoms with Gasteiger partial charge < -0.3 is 4.90 Å². The van der Waals surface area contributed by atoms with Crippen molar-refractivity contribution in [2.24, 2.45) is 0 Å². The average Bonchev–Trinajstić information content (AvgIpc) is 3.55. The highest BCUT2D eigenvalue weighted by Crippen LogP contribution is 2.33. The lowest BCUT2D eigenvalue weighted by atomic mass is 9.99. The highest BCUT2D eigenvalue weighted by Gasteiger charge is 2.22. The molecule has 1 unspecified atom stereocenters. The predicted octanol–water partition coefficient (Wildman–Crippen LogP) is 6.44. The van der Waals surface area contributed by atoms with Crippen molar-refractivity contribution < 1.29 is 4.39 Å². The van der Waals surface area contributed by atoms with Gasteiger partial charge in [-0.2, -0.15) is 5.10 Å². The first kappa shape index (κ1) is 24.0. The summed E-state index contributed by atoms with van der Waals surface area (Å²) in [7, 11) is 2.13. The van der Waals surface area contributed by atoms with Gasteiger partial charge in [-0.3, -0.25) is 9.67 Å². The Hall–Kier alpha value is -3.68. The zero-order valence-electron chi connectivity index (χ0n) is 20.2. The van der Waals surface area contributed by atoms with Gasteiger partial charge >= 0.3 is 0 Å². The second-order valence-electron chi connectivity index (χ2n) is 9.06. The molecule has 0 N–H and O–H groups in total. The molecule has 0 bridgehead atoms. The van der Waals surface area contributed by atoms with E-state index in [2.05, 4.69) is 55.5 Å². The van der Waals surface area contributed by atoms with Crippen LogP contribution >= 0.6 is 11.6 Å². The molecule has 0 aliphatic carbocycles. The number of fused-ring (bicyclic) bond motifs is 1. The van der Waals surface area contributed by atoms with Gasteiger partial charge in [-0.25, -0.2) is 14.4 Å². The summed E-state index contributed by atoms with van der Waals surface area (Å²) >= 11 is 5.75. The van der Waals surface area contributed by atoms with E-state index in [1.54, 1.807) is 19.3 Å². The summed E-state index contributed by atoms with van der Waals surface area (Å²) in [4.78, 5) is 15.9. The molecule has 1 atom stereocenters. The predicted molar refractivity (Wildman–Crippen MR) is 143 cm³/mol. The van der Waals surface area contributed by atoms with Crippen LogP contribution in [0.2, 0.25) is 0 Å². The topological polar surface area (TPSA) is 59.7 Å². The summed E-state index contributed by atoms with van der Waals surface area (Å²) in [5.41, 5.74) is 5.13. The molecule has 0 saturated carbocycles. The zero-order chi connectivity index (χ0) is 25.2. The van der Waals surface area contributed by atoms with Crippen molar-refractivity contribution in [3.8, 4) is 22.3 Å². The Balaban J connectivity index is 1.56. The van der Waals surface area contributed by atoms with Crippen LogP contribution < -0.4 is 0 Å². The first-order valence-corrected chi connectivity index (χ1v) is 12.1. The molecule has 36 heavy (non-hydrogen) atoms. The molecule has 8 heteroatoms. The fraction of sp³-hybridized carbons (Fsp3) is 0.214. The highest BCUT2D eigenvalue weighted by molar-refractivity contribution is 6.30. The number of rotatable bonds is 6. The summed E-state index contributed by atoms with van der Waals surface area (Å²) in [6, 6.07) is 8.16. The van der Waals surface area contributed by atoms with E-state index in [0.29, 0.717) is 23.0 Å². The number of hydrogen-bond acceptors (Lipinski definition) is 5. The SMILES string of the molecule is C=C(Cl)/C=C\C(F)=C(/C)c1cc(-c2cncc(-c3cnn(C4CCN(C)C4)c3)c2)c2cccnc2n1. The molecule has 0 amide bonds. The van der Waals surface area contributed by atoms with Crippen molar-refractivity contribution in [1.29, 1.82) is 0 Å². The molecular weight excluding hydrogens is 475 g/mol. The maximum Gasteiger partial charge on any atom is 0.160 e. The first-order chi connectivity index (χ1) is 17.4. The second-order valence-corrected chi connectivity index (χ2v) is 9.54. The van der Waals surface area contributed by atoms with Gasteiger partial charge in [0, 0.05) is 64.0 Å². The van der Waals surface area contributed by atoms with Gasteiger partial charge in [0.15, 0.2) is 5.65 Å². The first-order valence-electron chi connectivity index (χ1n) is 11.7. The van der Waals surface area contributed by atoms with Gasteiger partial charge in [0.1, 0.15) is 5.83 Å². The molecule has 5 heterocycles. The highest BCUT2D eigenvalue weighted by atomic mass is 35.5. The van der Waals surface area contributed by atoms with Crippen LogP contribution in [0.15, 0.2) is 84.8 Å². The maximum atomic E-state index is 14.8. The summed E-state index contributed by atoms with van der Waals surface area (Å²) < 4.78 is 16.9. The number of likely N-dealkylation sites (tertiary alicyclic amines) is 1. The van der Waals surface area contributed by atoms with Gasteiger partial charge in [-0.1, -0.05) is 18.2 Å². The molecule has 182 valence electrons.